The van der Waals surface area contributed by atoms with Crippen molar-refractivity contribution in [2.24, 2.45) is 0 Å². The third kappa shape index (κ3) is 6.38. The Morgan fingerprint density at radius 3 is 2.52 bits per heavy atom. The predicted molar refractivity (Wildman–Crippen MR) is 120 cm³/mol. The number of carbonyl (C=O) groups is 2. The molecule has 31 heavy (non-hydrogen) atoms. The van der Waals surface area contributed by atoms with Crippen LogP contribution in [0.25, 0.3) is 0 Å². The molecule has 0 spiro atoms. The average Bonchev–Trinajstić information content (AvgIpc) is 3.28. The number of benzene rings is 2. The number of amides is 2. The van der Waals surface area contributed by atoms with Crippen molar-refractivity contribution in [3.05, 3.63) is 77.2 Å². The highest BCUT2D eigenvalue weighted by Gasteiger charge is 2.16. The molecule has 0 aliphatic rings. The number of nitrogens with one attached hydrogen (secondary N) is 3. The fraction of sp³-hybridized carbons (Fsp3) is 0.143. The van der Waals surface area contributed by atoms with E-state index in [0.717, 1.165) is 16.9 Å². The fourth-order valence-electron chi connectivity index (χ4n) is 2.72. The van der Waals surface area contributed by atoms with E-state index in [1.54, 1.807) is 47.8 Å². The normalized spacial score (nSPS) is 11.0. The summed E-state index contributed by atoms with van der Waals surface area (Å²) in [5.41, 5.74) is 2.00. The largest absolute Gasteiger partial charge is 0.375 e. The molecule has 8 nitrogen and oxygen atoms in total. The molecular weight excluding hydrogens is 438 g/mol. The Morgan fingerprint density at radius 2 is 1.77 bits per heavy atom. The predicted octanol–water partition coefficient (Wildman–Crippen LogP) is 3.06. The van der Waals surface area contributed by atoms with E-state index in [1.807, 2.05) is 6.07 Å². The molecule has 2 aromatic carbocycles. The van der Waals surface area contributed by atoms with Gasteiger partial charge < -0.3 is 15.4 Å². The van der Waals surface area contributed by atoms with Crippen LogP contribution in [0.2, 0.25) is 0 Å². The van der Waals surface area contributed by atoms with Crippen LogP contribution < -0.4 is 15.4 Å². The monoisotopic (exact) mass is 459 g/mol. The van der Waals surface area contributed by atoms with E-state index in [9.17, 15) is 18.0 Å². The summed E-state index contributed by atoms with van der Waals surface area (Å²) in [6, 6.07) is 16.5. The van der Waals surface area contributed by atoms with Crippen molar-refractivity contribution >= 4 is 44.5 Å². The van der Waals surface area contributed by atoms with E-state index < -0.39 is 10.0 Å². The van der Waals surface area contributed by atoms with E-state index in [4.69, 9.17) is 4.74 Å². The molecule has 0 saturated carbocycles. The molecule has 0 aliphatic carbocycles. The fourth-order valence-corrected chi connectivity index (χ4v) is 4.76. The smallest absolute Gasteiger partial charge is 0.271 e. The Balaban J connectivity index is 1.63. The van der Waals surface area contributed by atoms with Gasteiger partial charge in [-0.15, -0.1) is 11.3 Å². The quantitative estimate of drug-likeness (QED) is 0.455. The number of ether oxygens (including phenoxy) is 1. The Labute approximate surface area is 184 Å². The van der Waals surface area contributed by atoms with Gasteiger partial charge in [0.25, 0.3) is 15.9 Å². The van der Waals surface area contributed by atoms with Crippen LogP contribution in [-0.2, 0) is 26.1 Å². The molecule has 0 bridgehead atoms. The molecule has 0 atom stereocenters. The van der Waals surface area contributed by atoms with Gasteiger partial charge in [-0.25, -0.2) is 8.42 Å². The van der Waals surface area contributed by atoms with Gasteiger partial charge in [0.2, 0.25) is 5.91 Å². The van der Waals surface area contributed by atoms with Crippen molar-refractivity contribution in [3.63, 3.8) is 0 Å². The lowest BCUT2D eigenvalue weighted by molar-refractivity contribution is -0.119. The minimum atomic E-state index is -3.69. The standard InChI is InChI=1S/C21H21N3O5S2/c1-29-14-19(25)23-17-7-2-5-15(11-17)13-22-21(26)16-6-3-8-18(12-16)24-31(27,28)20-9-4-10-30-20/h2-12,24H,13-14H2,1H3,(H,22,26)(H,23,25). The number of hydrogen-bond acceptors (Lipinski definition) is 6. The van der Waals surface area contributed by atoms with Crippen LogP contribution in [0.15, 0.2) is 70.3 Å². The minimum absolute atomic E-state index is 0.0481. The molecule has 10 heteroatoms. The molecule has 0 fully saturated rings. The van der Waals surface area contributed by atoms with Gasteiger partial charge in [0.15, 0.2) is 0 Å². The second kappa shape index (κ2) is 10.2. The van der Waals surface area contributed by atoms with Crippen molar-refractivity contribution in [2.45, 2.75) is 10.8 Å². The van der Waals surface area contributed by atoms with Crippen LogP contribution in [0, 0.1) is 0 Å². The van der Waals surface area contributed by atoms with Crippen molar-refractivity contribution in [1.82, 2.24) is 5.32 Å². The van der Waals surface area contributed by atoms with Gasteiger partial charge in [-0.3, -0.25) is 14.3 Å². The zero-order chi connectivity index (χ0) is 22.3. The summed E-state index contributed by atoms with van der Waals surface area (Å²) in [6.45, 7) is 0.186. The van der Waals surface area contributed by atoms with Gasteiger partial charge in [0.1, 0.15) is 10.8 Å². The second-order valence-corrected chi connectivity index (χ2v) is 9.34. The number of hydrogen-bond donors (Lipinski definition) is 3. The summed E-state index contributed by atoms with van der Waals surface area (Å²) in [5.74, 6) is -0.628. The van der Waals surface area contributed by atoms with Crippen molar-refractivity contribution in [2.75, 3.05) is 23.8 Å². The number of sulfonamides is 1. The summed E-state index contributed by atoms with van der Waals surface area (Å²) in [6.07, 6.45) is 0. The molecule has 1 heterocycles. The van der Waals surface area contributed by atoms with E-state index in [2.05, 4.69) is 15.4 Å². The Morgan fingerprint density at radius 1 is 1.00 bits per heavy atom. The molecule has 0 radical (unpaired) electrons. The molecule has 0 aliphatic heterocycles. The molecule has 0 saturated heterocycles. The van der Waals surface area contributed by atoms with E-state index in [1.165, 1.54) is 19.2 Å². The maximum atomic E-state index is 12.5. The Hall–Kier alpha value is -3.21. The van der Waals surface area contributed by atoms with Crippen LogP contribution in [0.4, 0.5) is 11.4 Å². The molecule has 3 aromatic rings. The lowest BCUT2D eigenvalue weighted by atomic mass is 10.1. The molecule has 0 unspecified atom stereocenters. The van der Waals surface area contributed by atoms with E-state index in [0.29, 0.717) is 16.9 Å². The minimum Gasteiger partial charge on any atom is -0.375 e. The lowest BCUT2D eigenvalue weighted by Gasteiger charge is -2.10. The molecule has 2 amide bonds. The highest BCUT2D eigenvalue weighted by molar-refractivity contribution is 7.94. The number of rotatable bonds is 9. The summed E-state index contributed by atoms with van der Waals surface area (Å²) < 4.78 is 32.2. The first-order valence-corrected chi connectivity index (χ1v) is 11.6. The van der Waals surface area contributed by atoms with Crippen LogP contribution in [0.3, 0.4) is 0 Å². The Kier molecular flexibility index (Phi) is 7.40. The second-order valence-electron chi connectivity index (χ2n) is 6.48. The molecule has 3 rings (SSSR count). The van der Waals surface area contributed by atoms with Crippen molar-refractivity contribution in [1.29, 1.82) is 0 Å². The molecule has 1 aromatic heterocycles. The van der Waals surface area contributed by atoms with E-state index in [-0.39, 0.29) is 29.2 Å². The van der Waals surface area contributed by atoms with Gasteiger partial charge in [0, 0.05) is 30.6 Å². The average molecular weight is 460 g/mol. The SMILES string of the molecule is COCC(=O)Nc1cccc(CNC(=O)c2cccc(NS(=O)(=O)c3cccs3)c2)c1. The van der Waals surface area contributed by atoms with Crippen molar-refractivity contribution < 1.29 is 22.7 Å². The Bertz CT molecular complexity index is 1160. The van der Waals surface area contributed by atoms with Crippen LogP contribution in [0.1, 0.15) is 15.9 Å². The number of anilines is 2. The lowest BCUT2D eigenvalue weighted by Crippen LogP contribution is -2.23. The first kappa shape index (κ1) is 22.5. The molecular formula is C21H21N3O5S2. The topological polar surface area (TPSA) is 114 Å². The highest BCUT2D eigenvalue weighted by atomic mass is 32.2. The maximum Gasteiger partial charge on any atom is 0.271 e. The highest BCUT2D eigenvalue weighted by Crippen LogP contribution is 2.21. The first-order chi connectivity index (χ1) is 14.9. The maximum absolute atomic E-state index is 12.5. The number of thiophene rings is 1. The molecule has 3 N–H and O–H groups in total. The van der Waals surface area contributed by atoms with Gasteiger partial charge >= 0.3 is 0 Å². The number of methoxy groups -OCH3 is 1. The molecule has 162 valence electrons. The summed E-state index contributed by atoms with van der Waals surface area (Å²) >= 11 is 1.11. The van der Waals surface area contributed by atoms with Gasteiger partial charge in [0.05, 0.1) is 0 Å². The van der Waals surface area contributed by atoms with Gasteiger partial charge in [-0.2, -0.15) is 0 Å². The zero-order valence-electron chi connectivity index (χ0n) is 16.6. The first-order valence-electron chi connectivity index (χ1n) is 9.20. The van der Waals surface area contributed by atoms with Crippen LogP contribution >= 0.6 is 11.3 Å². The van der Waals surface area contributed by atoms with Crippen LogP contribution in [-0.4, -0.2) is 33.9 Å². The van der Waals surface area contributed by atoms with Gasteiger partial charge in [-0.05, 0) is 47.3 Å². The third-order valence-corrected chi connectivity index (χ3v) is 6.85. The third-order valence-electron chi connectivity index (χ3n) is 4.08. The van der Waals surface area contributed by atoms with Crippen molar-refractivity contribution in [3.8, 4) is 0 Å². The summed E-state index contributed by atoms with van der Waals surface area (Å²) in [7, 11) is -2.26. The van der Waals surface area contributed by atoms with Gasteiger partial charge in [-0.1, -0.05) is 24.3 Å². The van der Waals surface area contributed by atoms with Crippen LogP contribution in [0.5, 0.6) is 0 Å². The summed E-state index contributed by atoms with van der Waals surface area (Å²) in [4.78, 5) is 24.2. The number of carbonyl (C=O) groups excluding carboxylic acids is 2. The zero-order valence-corrected chi connectivity index (χ0v) is 18.3. The summed E-state index contributed by atoms with van der Waals surface area (Å²) in [5, 5.41) is 7.17. The van der Waals surface area contributed by atoms with E-state index >= 15 is 0 Å².